The molecule has 5 heteroatoms. The summed E-state index contributed by atoms with van der Waals surface area (Å²) in [7, 11) is 0. The third-order valence-electron chi connectivity index (χ3n) is 3.21. The van der Waals surface area contributed by atoms with Crippen molar-refractivity contribution < 1.29 is 4.74 Å². The minimum atomic E-state index is 0.627. The van der Waals surface area contributed by atoms with Crippen molar-refractivity contribution in [2.24, 2.45) is 0 Å². The number of rotatable bonds is 10. The van der Waals surface area contributed by atoms with Crippen LogP contribution in [0.25, 0.3) is 0 Å². The maximum absolute atomic E-state index is 5.47. The van der Waals surface area contributed by atoms with Crippen LogP contribution in [0.3, 0.4) is 0 Å². The molecule has 0 atom stereocenters. The van der Waals surface area contributed by atoms with Crippen LogP contribution in [0.4, 0.5) is 5.82 Å². The molecule has 1 aromatic heterocycles. The van der Waals surface area contributed by atoms with Gasteiger partial charge < -0.3 is 15.0 Å². The first-order valence-electron chi connectivity index (χ1n) is 7.70. The lowest BCUT2D eigenvalue weighted by Crippen LogP contribution is -2.25. The number of hydrogen-bond acceptors (Lipinski definition) is 5. The summed E-state index contributed by atoms with van der Waals surface area (Å²) in [6.07, 6.45) is 1.92. The zero-order valence-corrected chi connectivity index (χ0v) is 13.3. The fraction of sp³-hybridized carbons (Fsp3) is 0.733. The topological polar surface area (TPSA) is 50.3 Å². The van der Waals surface area contributed by atoms with E-state index in [4.69, 9.17) is 4.74 Å². The van der Waals surface area contributed by atoms with Crippen molar-refractivity contribution in [1.82, 2.24) is 14.9 Å². The highest BCUT2D eigenvalue weighted by molar-refractivity contribution is 5.38. The van der Waals surface area contributed by atoms with Gasteiger partial charge in [-0.05, 0) is 33.0 Å². The zero-order valence-electron chi connectivity index (χ0n) is 13.3. The Bertz CT molecular complexity index is 380. The normalized spacial score (nSPS) is 10.8. The summed E-state index contributed by atoms with van der Waals surface area (Å²) in [6.45, 7) is 13.3. The predicted molar refractivity (Wildman–Crippen MR) is 83.5 cm³/mol. The molecule has 1 aromatic rings. The standard InChI is InChI=1S/C15H28N4O/c1-5-13-17-14(12-15(18-13)20-8-4)16-10-9-11-19(6-2)7-3/h12H,5-11H2,1-4H3,(H,16,17,18). The molecule has 1 N–H and O–H groups in total. The first kappa shape index (κ1) is 16.7. The molecule has 5 nitrogen and oxygen atoms in total. The molecule has 114 valence electrons. The largest absolute Gasteiger partial charge is 0.478 e. The van der Waals surface area contributed by atoms with Crippen LogP contribution in [0.2, 0.25) is 0 Å². The highest BCUT2D eigenvalue weighted by atomic mass is 16.5. The number of nitrogens with zero attached hydrogens (tertiary/aromatic N) is 3. The molecule has 0 saturated heterocycles. The number of hydrogen-bond donors (Lipinski definition) is 1. The van der Waals surface area contributed by atoms with E-state index in [1.807, 2.05) is 13.0 Å². The molecule has 1 heterocycles. The van der Waals surface area contributed by atoms with Crippen molar-refractivity contribution >= 4 is 5.82 Å². The van der Waals surface area contributed by atoms with E-state index >= 15 is 0 Å². The molecule has 20 heavy (non-hydrogen) atoms. The monoisotopic (exact) mass is 280 g/mol. The van der Waals surface area contributed by atoms with Gasteiger partial charge in [-0.3, -0.25) is 0 Å². The van der Waals surface area contributed by atoms with E-state index in [9.17, 15) is 0 Å². The average Bonchev–Trinajstić information content (AvgIpc) is 2.47. The van der Waals surface area contributed by atoms with Gasteiger partial charge >= 0.3 is 0 Å². The third kappa shape index (κ3) is 5.74. The predicted octanol–water partition coefficient (Wildman–Crippen LogP) is 2.58. The molecule has 0 radical (unpaired) electrons. The van der Waals surface area contributed by atoms with Crippen molar-refractivity contribution in [2.45, 2.75) is 40.5 Å². The van der Waals surface area contributed by atoms with E-state index in [1.165, 1.54) is 0 Å². The van der Waals surface area contributed by atoms with Gasteiger partial charge in [0.2, 0.25) is 5.88 Å². The van der Waals surface area contributed by atoms with Gasteiger partial charge in [0.05, 0.1) is 6.61 Å². The van der Waals surface area contributed by atoms with E-state index in [2.05, 4.69) is 41.0 Å². The maximum atomic E-state index is 5.47. The number of aryl methyl sites for hydroxylation is 1. The quantitative estimate of drug-likeness (QED) is 0.668. The van der Waals surface area contributed by atoms with Crippen molar-refractivity contribution in [1.29, 1.82) is 0 Å². The summed E-state index contributed by atoms with van der Waals surface area (Å²) in [5.74, 6) is 2.34. The van der Waals surface area contributed by atoms with Crippen LogP contribution in [0.15, 0.2) is 6.07 Å². The van der Waals surface area contributed by atoms with Gasteiger partial charge in [0.1, 0.15) is 11.6 Å². The second-order valence-electron chi connectivity index (χ2n) is 4.60. The Hall–Kier alpha value is -1.36. The Kier molecular flexibility index (Phi) is 7.95. The Morgan fingerprint density at radius 1 is 1.15 bits per heavy atom. The molecule has 0 aliphatic carbocycles. The van der Waals surface area contributed by atoms with E-state index in [0.29, 0.717) is 12.5 Å². The van der Waals surface area contributed by atoms with Crippen LogP contribution >= 0.6 is 0 Å². The van der Waals surface area contributed by atoms with E-state index in [0.717, 1.165) is 50.7 Å². The number of anilines is 1. The maximum Gasteiger partial charge on any atom is 0.218 e. The molecule has 0 aliphatic rings. The molecule has 0 saturated carbocycles. The van der Waals surface area contributed by atoms with Crippen LogP contribution in [0.1, 0.15) is 39.9 Å². The Balaban J connectivity index is 2.48. The molecule has 0 amide bonds. The van der Waals surface area contributed by atoms with E-state index in [1.54, 1.807) is 0 Å². The van der Waals surface area contributed by atoms with Gasteiger partial charge in [0, 0.05) is 19.0 Å². The lowest BCUT2D eigenvalue weighted by Gasteiger charge is -2.17. The van der Waals surface area contributed by atoms with E-state index < -0.39 is 0 Å². The molecule has 0 spiro atoms. The van der Waals surface area contributed by atoms with Gasteiger partial charge in [-0.15, -0.1) is 0 Å². The minimum Gasteiger partial charge on any atom is -0.478 e. The molecular weight excluding hydrogens is 252 g/mol. The molecule has 0 unspecified atom stereocenters. The lowest BCUT2D eigenvalue weighted by atomic mass is 10.3. The molecular formula is C15H28N4O. The number of aromatic nitrogens is 2. The van der Waals surface area contributed by atoms with Crippen LogP contribution < -0.4 is 10.1 Å². The fourth-order valence-electron chi connectivity index (χ4n) is 2.00. The summed E-state index contributed by atoms with van der Waals surface area (Å²) in [5.41, 5.74) is 0. The second kappa shape index (κ2) is 9.53. The fourth-order valence-corrected chi connectivity index (χ4v) is 2.00. The SMILES string of the molecule is CCOc1cc(NCCCN(CC)CC)nc(CC)n1. The van der Waals surface area contributed by atoms with Crippen LogP contribution in [0.5, 0.6) is 5.88 Å². The molecule has 0 bridgehead atoms. The van der Waals surface area contributed by atoms with Gasteiger partial charge in [-0.1, -0.05) is 20.8 Å². The Morgan fingerprint density at radius 2 is 1.90 bits per heavy atom. The summed E-state index contributed by atoms with van der Waals surface area (Å²) in [4.78, 5) is 11.2. The van der Waals surface area contributed by atoms with Crippen molar-refractivity contribution in [3.05, 3.63) is 11.9 Å². The second-order valence-corrected chi connectivity index (χ2v) is 4.60. The zero-order chi connectivity index (χ0) is 14.8. The van der Waals surface area contributed by atoms with Gasteiger partial charge in [0.25, 0.3) is 0 Å². The summed E-state index contributed by atoms with van der Waals surface area (Å²) >= 11 is 0. The van der Waals surface area contributed by atoms with Gasteiger partial charge in [-0.2, -0.15) is 4.98 Å². The van der Waals surface area contributed by atoms with Crippen LogP contribution in [-0.4, -0.2) is 47.7 Å². The van der Waals surface area contributed by atoms with Crippen LogP contribution in [-0.2, 0) is 6.42 Å². The van der Waals surface area contributed by atoms with Crippen LogP contribution in [0, 0.1) is 0 Å². The molecule has 0 aromatic carbocycles. The van der Waals surface area contributed by atoms with Crippen molar-refractivity contribution in [3.63, 3.8) is 0 Å². The van der Waals surface area contributed by atoms with Gasteiger partial charge in [-0.25, -0.2) is 4.98 Å². The first-order chi connectivity index (χ1) is 9.73. The van der Waals surface area contributed by atoms with Crippen molar-refractivity contribution in [2.75, 3.05) is 38.1 Å². The molecule has 1 rings (SSSR count). The minimum absolute atomic E-state index is 0.627. The molecule has 0 aliphatic heterocycles. The summed E-state index contributed by atoms with van der Waals surface area (Å²) < 4.78 is 5.47. The average molecular weight is 280 g/mol. The van der Waals surface area contributed by atoms with Gasteiger partial charge in [0.15, 0.2) is 0 Å². The summed E-state index contributed by atoms with van der Waals surface area (Å²) in [6, 6.07) is 1.88. The Morgan fingerprint density at radius 3 is 2.50 bits per heavy atom. The first-order valence-corrected chi connectivity index (χ1v) is 7.70. The highest BCUT2D eigenvalue weighted by Gasteiger charge is 2.04. The van der Waals surface area contributed by atoms with Crippen molar-refractivity contribution in [3.8, 4) is 5.88 Å². The number of nitrogens with one attached hydrogen (secondary N) is 1. The van der Waals surface area contributed by atoms with E-state index in [-0.39, 0.29) is 0 Å². The Labute approximate surface area is 122 Å². The summed E-state index contributed by atoms with van der Waals surface area (Å²) in [5, 5.41) is 3.36. The smallest absolute Gasteiger partial charge is 0.218 e. The number of ether oxygens (including phenoxy) is 1. The molecule has 0 fully saturated rings. The lowest BCUT2D eigenvalue weighted by molar-refractivity contribution is 0.303. The third-order valence-corrected chi connectivity index (χ3v) is 3.21. The highest BCUT2D eigenvalue weighted by Crippen LogP contribution is 2.14.